The molecule has 0 fully saturated rings. The molecule has 1 heteroatoms. The zero-order valence-corrected chi connectivity index (χ0v) is 22.7. The minimum absolute atomic E-state index is 0.0165. The molecule has 1 atom stereocenters. The molecule has 2 aliphatic carbocycles. The fourth-order valence-electron chi connectivity index (χ4n) is 6.24. The van der Waals surface area contributed by atoms with Gasteiger partial charge in [-0.3, -0.25) is 0 Å². The van der Waals surface area contributed by atoms with Crippen LogP contribution in [0.1, 0.15) is 69.2 Å². The molecular weight excluding hydrogens is 448 g/mol. The summed E-state index contributed by atoms with van der Waals surface area (Å²) < 4.78 is 6.60. The topological polar surface area (TPSA) is 9.23 Å². The maximum absolute atomic E-state index is 6.60. The average Bonchev–Trinajstić information content (AvgIpc) is 3.44. The molecule has 1 unspecified atom stereocenters. The van der Waals surface area contributed by atoms with Crippen molar-refractivity contribution in [2.24, 2.45) is 5.92 Å². The van der Waals surface area contributed by atoms with E-state index in [4.69, 9.17) is 4.74 Å². The van der Waals surface area contributed by atoms with Gasteiger partial charge in [-0.15, -0.1) is 0 Å². The molecule has 0 spiro atoms. The van der Waals surface area contributed by atoms with Gasteiger partial charge in [0.15, 0.2) is 0 Å². The Bertz CT molecular complexity index is 1400. The van der Waals surface area contributed by atoms with Gasteiger partial charge in [-0.1, -0.05) is 118 Å². The van der Waals surface area contributed by atoms with E-state index in [9.17, 15) is 0 Å². The van der Waals surface area contributed by atoms with Crippen molar-refractivity contribution in [3.05, 3.63) is 143 Å². The van der Waals surface area contributed by atoms with E-state index >= 15 is 0 Å². The predicted octanol–water partition coefficient (Wildman–Crippen LogP) is 9.66. The highest BCUT2D eigenvalue weighted by Crippen LogP contribution is 2.51. The molecule has 2 aromatic carbocycles. The molecule has 2 aromatic rings. The Kier molecular flexibility index (Phi) is 6.82. The molecule has 0 aromatic heterocycles. The Hall–Kier alpha value is -3.58. The summed E-state index contributed by atoms with van der Waals surface area (Å²) in [5, 5.41) is 0. The number of benzene rings is 2. The van der Waals surface area contributed by atoms with E-state index < -0.39 is 0 Å². The van der Waals surface area contributed by atoms with Crippen LogP contribution in [0.5, 0.6) is 0 Å². The number of hydrogen-bond donors (Lipinski definition) is 0. The normalized spacial score (nSPS) is 22.5. The second-order valence-corrected chi connectivity index (χ2v) is 10.8. The molecule has 1 aliphatic heterocycles. The summed E-state index contributed by atoms with van der Waals surface area (Å²) in [6.07, 6.45) is 14.7. The highest BCUT2D eigenvalue weighted by molar-refractivity contribution is 5.84. The van der Waals surface area contributed by atoms with Crippen LogP contribution in [0, 0.1) is 5.92 Å². The number of hydrogen-bond acceptors (Lipinski definition) is 1. The van der Waals surface area contributed by atoms with Gasteiger partial charge in [0.05, 0.1) is 0 Å². The van der Waals surface area contributed by atoms with Gasteiger partial charge in [-0.2, -0.15) is 0 Å². The smallest absolute Gasteiger partial charge is 0.134 e. The predicted molar refractivity (Wildman–Crippen MR) is 158 cm³/mol. The lowest BCUT2D eigenvalue weighted by atomic mass is 9.76. The van der Waals surface area contributed by atoms with E-state index in [0.29, 0.717) is 0 Å². The number of allylic oxidation sites excluding steroid dienone is 10. The summed E-state index contributed by atoms with van der Waals surface area (Å²) in [5.41, 5.74) is 12.1. The van der Waals surface area contributed by atoms with Crippen molar-refractivity contribution >= 4 is 11.1 Å². The minimum atomic E-state index is 0.0165. The van der Waals surface area contributed by atoms with Gasteiger partial charge in [-0.25, -0.2) is 0 Å². The first-order valence-corrected chi connectivity index (χ1v) is 13.5. The second kappa shape index (κ2) is 10.1. The average molecular weight is 487 g/mol. The monoisotopic (exact) mass is 486 g/mol. The second-order valence-electron chi connectivity index (χ2n) is 10.8. The number of rotatable bonds is 6. The fourth-order valence-corrected chi connectivity index (χ4v) is 6.24. The summed E-state index contributed by atoms with van der Waals surface area (Å²) in [4.78, 5) is 0. The van der Waals surface area contributed by atoms with Crippen molar-refractivity contribution in [1.82, 2.24) is 0 Å². The number of ether oxygens (including phenoxy) is 1. The molecule has 5 rings (SSSR count). The van der Waals surface area contributed by atoms with Crippen LogP contribution >= 0.6 is 0 Å². The van der Waals surface area contributed by atoms with Crippen molar-refractivity contribution in [2.75, 3.05) is 0 Å². The van der Waals surface area contributed by atoms with Crippen LogP contribution < -0.4 is 0 Å². The number of fused-ring (bicyclic) bond motifs is 1. The van der Waals surface area contributed by atoms with Crippen LogP contribution in [0.25, 0.3) is 11.1 Å². The molecule has 37 heavy (non-hydrogen) atoms. The van der Waals surface area contributed by atoms with E-state index in [-0.39, 0.29) is 11.3 Å². The molecule has 0 saturated carbocycles. The van der Waals surface area contributed by atoms with Gasteiger partial charge in [0.25, 0.3) is 0 Å². The third kappa shape index (κ3) is 4.42. The standard InChI is InChI=1S/C36H38O/c1-7-14-26-22-32-30(17-13-18-34(32)36(26,5)6)28(9-3)31-20-19-29(25-15-11-10-12-16-25)35-33(31)23-27(37-35)21-24(4)8-2/h7,9-19,21,31H,1,4,8,20,22-23H2,2-3,5-6H3/b26-14+,27-21+,28-9?. The Morgan fingerprint density at radius 2 is 1.86 bits per heavy atom. The van der Waals surface area contributed by atoms with Gasteiger partial charge >= 0.3 is 0 Å². The molecule has 188 valence electrons. The SMILES string of the molecule is C=C/C=C1\Cc2c(C(=CC)C3CC=C(c4ccccc4)C4=C3C/C(=C\C(=C)CC)O4)cccc2C1(C)C. The van der Waals surface area contributed by atoms with Crippen LogP contribution in [0.15, 0.2) is 120 Å². The lowest BCUT2D eigenvalue weighted by Gasteiger charge is -2.28. The van der Waals surface area contributed by atoms with Crippen LogP contribution in [0.4, 0.5) is 0 Å². The van der Waals surface area contributed by atoms with Crippen molar-refractivity contribution < 1.29 is 4.74 Å². The largest absolute Gasteiger partial charge is 0.461 e. The van der Waals surface area contributed by atoms with Gasteiger partial charge < -0.3 is 4.74 Å². The van der Waals surface area contributed by atoms with Crippen LogP contribution in [-0.4, -0.2) is 0 Å². The van der Waals surface area contributed by atoms with Crippen molar-refractivity contribution in [3.8, 4) is 0 Å². The van der Waals surface area contributed by atoms with E-state index in [1.54, 1.807) is 0 Å². The molecule has 0 radical (unpaired) electrons. The van der Waals surface area contributed by atoms with Crippen molar-refractivity contribution in [2.45, 2.75) is 58.8 Å². The van der Waals surface area contributed by atoms with Gasteiger partial charge in [0.1, 0.15) is 11.5 Å². The maximum atomic E-state index is 6.60. The van der Waals surface area contributed by atoms with Gasteiger partial charge in [0, 0.05) is 23.3 Å². The Morgan fingerprint density at radius 3 is 2.57 bits per heavy atom. The minimum Gasteiger partial charge on any atom is -0.461 e. The summed E-state index contributed by atoms with van der Waals surface area (Å²) in [5.74, 6) is 2.34. The lowest BCUT2D eigenvalue weighted by molar-refractivity contribution is 0.340. The molecule has 1 nitrogen and oxygen atoms in total. The molecule has 0 bridgehead atoms. The fraction of sp³-hybridized carbons (Fsp3) is 0.278. The third-order valence-electron chi connectivity index (χ3n) is 8.35. The summed E-state index contributed by atoms with van der Waals surface area (Å²) >= 11 is 0. The third-order valence-corrected chi connectivity index (χ3v) is 8.35. The molecular formula is C36H38O. The van der Waals surface area contributed by atoms with Crippen LogP contribution in [0.3, 0.4) is 0 Å². The lowest BCUT2D eigenvalue weighted by Crippen LogP contribution is -2.15. The zero-order valence-electron chi connectivity index (χ0n) is 22.7. The van der Waals surface area contributed by atoms with Gasteiger partial charge in [0.2, 0.25) is 0 Å². The Labute approximate surface area is 223 Å². The first-order valence-electron chi connectivity index (χ1n) is 13.5. The highest BCUT2D eigenvalue weighted by atomic mass is 16.5. The van der Waals surface area contributed by atoms with E-state index in [1.165, 1.54) is 44.5 Å². The Balaban J connectivity index is 1.59. The summed E-state index contributed by atoms with van der Waals surface area (Å²) in [6.45, 7) is 17.2. The summed E-state index contributed by atoms with van der Waals surface area (Å²) in [6, 6.07) is 17.5. The maximum Gasteiger partial charge on any atom is 0.134 e. The van der Waals surface area contributed by atoms with E-state index in [0.717, 1.165) is 42.8 Å². The molecule has 0 saturated heterocycles. The van der Waals surface area contributed by atoms with Crippen molar-refractivity contribution in [3.63, 3.8) is 0 Å². The zero-order chi connectivity index (χ0) is 26.2. The molecule has 3 aliphatic rings. The van der Waals surface area contributed by atoms with E-state index in [1.807, 2.05) is 6.08 Å². The highest BCUT2D eigenvalue weighted by Gasteiger charge is 2.39. The first kappa shape index (κ1) is 25.1. The van der Waals surface area contributed by atoms with E-state index in [2.05, 4.69) is 114 Å². The van der Waals surface area contributed by atoms with Gasteiger partial charge in [-0.05, 0) is 65.7 Å². The van der Waals surface area contributed by atoms with Crippen LogP contribution in [0.2, 0.25) is 0 Å². The Morgan fingerprint density at radius 1 is 1.08 bits per heavy atom. The molecule has 1 heterocycles. The molecule has 0 N–H and O–H groups in total. The molecule has 0 amide bonds. The van der Waals surface area contributed by atoms with Crippen LogP contribution in [-0.2, 0) is 16.6 Å². The van der Waals surface area contributed by atoms with Crippen molar-refractivity contribution in [1.29, 1.82) is 0 Å². The first-order chi connectivity index (χ1) is 17.9. The summed E-state index contributed by atoms with van der Waals surface area (Å²) in [7, 11) is 0. The quantitative estimate of drug-likeness (QED) is 0.395.